The number of nitrogen functional groups attached to an aromatic ring is 1. The van der Waals surface area contributed by atoms with Crippen molar-refractivity contribution in [3.8, 4) is 0 Å². The van der Waals surface area contributed by atoms with Crippen LogP contribution in [0.1, 0.15) is 12.8 Å². The Morgan fingerprint density at radius 3 is 3.00 bits per heavy atom. The van der Waals surface area contributed by atoms with Crippen molar-refractivity contribution < 1.29 is 0 Å². The third kappa shape index (κ3) is 1.33. The molecule has 0 atom stereocenters. The van der Waals surface area contributed by atoms with Gasteiger partial charge in [0.15, 0.2) is 5.82 Å². The first kappa shape index (κ1) is 8.59. The number of benzene rings is 1. The van der Waals surface area contributed by atoms with Gasteiger partial charge in [-0.15, -0.1) is 0 Å². The van der Waals surface area contributed by atoms with Gasteiger partial charge in [0.1, 0.15) is 0 Å². The lowest BCUT2D eigenvalue weighted by Crippen LogP contribution is -2.02. The van der Waals surface area contributed by atoms with Gasteiger partial charge in [-0.1, -0.05) is 6.07 Å². The Hall–Kier alpha value is -1.71. The summed E-state index contributed by atoms with van der Waals surface area (Å²) in [5.74, 6) is 0.924. The first-order chi connectivity index (χ1) is 7.25. The van der Waals surface area contributed by atoms with E-state index in [9.17, 15) is 0 Å². The fourth-order valence-electron chi connectivity index (χ4n) is 1.86. The Balaban J connectivity index is 2.19. The van der Waals surface area contributed by atoms with Crippen LogP contribution in [0.2, 0.25) is 0 Å². The summed E-state index contributed by atoms with van der Waals surface area (Å²) in [5, 5.41) is 8.91. The minimum absolute atomic E-state index is 0.600. The molecule has 1 aliphatic rings. The maximum atomic E-state index is 5.97. The largest absolute Gasteiger partial charge is 0.398 e. The monoisotopic (exact) mass is 202 g/mol. The first-order valence-corrected chi connectivity index (χ1v) is 5.23. The molecule has 78 valence electrons. The minimum atomic E-state index is 0.600. The Labute approximate surface area is 88.1 Å². The molecular weight excluding hydrogens is 188 g/mol. The number of fused-ring (bicyclic) bond motifs is 1. The van der Waals surface area contributed by atoms with Gasteiger partial charge in [0.2, 0.25) is 0 Å². The average molecular weight is 202 g/mol. The van der Waals surface area contributed by atoms with E-state index < -0.39 is 0 Å². The fourth-order valence-corrected chi connectivity index (χ4v) is 1.86. The van der Waals surface area contributed by atoms with Crippen LogP contribution in [0, 0.1) is 0 Å². The van der Waals surface area contributed by atoms with Crippen LogP contribution < -0.4 is 11.1 Å². The summed E-state index contributed by atoms with van der Waals surface area (Å²) in [4.78, 5) is 0. The van der Waals surface area contributed by atoms with Crippen LogP contribution in [-0.2, 0) is 7.05 Å². The molecule has 4 heteroatoms. The molecule has 0 amide bonds. The first-order valence-electron chi connectivity index (χ1n) is 5.23. The Bertz CT molecular complexity index is 511. The number of hydrogen-bond donors (Lipinski definition) is 2. The molecule has 1 aromatic carbocycles. The Kier molecular flexibility index (Phi) is 1.65. The van der Waals surface area contributed by atoms with Gasteiger partial charge < -0.3 is 11.1 Å². The summed E-state index contributed by atoms with van der Waals surface area (Å²) in [6.45, 7) is 0. The molecule has 1 aliphatic carbocycles. The average Bonchev–Trinajstić information content (AvgIpc) is 2.94. The lowest BCUT2D eigenvalue weighted by molar-refractivity contribution is 0.796. The smallest absolute Gasteiger partial charge is 0.158 e. The lowest BCUT2D eigenvalue weighted by Gasteiger charge is -2.01. The van der Waals surface area contributed by atoms with Crippen molar-refractivity contribution >= 4 is 22.4 Å². The standard InChI is InChI=1S/C11H14N4/c1-15-9-4-2-3-8(12)10(9)11(14-15)13-7-5-6-7/h2-4,7H,5-6,12H2,1H3,(H,13,14). The van der Waals surface area contributed by atoms with Gasteiger partial charge in [-0.25, -0.2) is 0 Å². The van der Waals surface area contributed by atoms with Gasteiger partial charge in [0.05, 0.1) is 10.9 Å². The zero-order valence-corrected chi connectivity index (χ0v) is 8.70. The van der Waals surface area contributed by atoms with Gasteiger partial charge >= 0.3 is 0 Å². The summed E-state index contributed by atoms with van der Waals surface area (Å²) < 4.78 is 1.87. The summed E-state index contributed by atoms with van der Waals surface area (Å²) in [6.07, 6.45) is 2.48. The predicted octanol–water partition coefficient (Wildman–Crippen LogP) is 1.73. The van der Waals surface area contributed by atoms with E-state index in [1.165, 1.54) is 12.8 Å². The third-order valence-electron chi connectivity index (χ3n) is 2.83. The summed E-state index contributed by atoms with van der Waals surface area (Å²) >= 11 is 0. The molecular formula is C11H14N4. The highest BCUT2D eigenvalue weighted by atomic mass is 15.3. The molecule has 1 fully saturated rings. The topological polar surface area (TPSA) is 55.9 Å². The lowest BCUT2D eigenvalue weighted by atomic mass is 10.2. The van der Waals surface area contributed by atoms with Crippen LogP contribution in [0.5, 0.6) is 0 Å². The molecule has 0 bridgehead atoms. The Morgan fingerprint density at radius 1 is 1.47 bits per heavy atom. The molecule has 4 nitrogen and oxygen atoms in total. The van der Waals surface area contributed by atoms with Crippen LogP contribution in [0.15, 0.2) is 18.2 Å². The number of nitrogens with two attached hydrogens (primary N) is 1. The normalized spacial score (nSPS) is 15.8. The van der Waals surface area contributed by atoms with Gasteiger partial charge in [-0.2, -0.15) is 5.10 Å². The highest BCUT2D eigenvalue weighted by Crippen LogP contribution is 2.31. The van der Waals surface area contributed by atoms with Crippen molar-refractivity contribution in [2.24, 2.45) is 7.05 Å². The van der Waals surface area contributed by atoms with Crippen molar-refractivity contribution in [3.05, 3.63) is 18.2 Å². The summed E-state index contributed by atoms with van der Waals surface area (Å²) in [7, 11) is 1.94. The second-order valence-corrected chi connectivity index (χ2v) is 4.13. The molecule has 0 unspecified atom stereocenters. The number of rotatable bonds is 2. The molecule has 2 aromatic rings. The third-order valence-corrected chi connectivity index (χ3v) is 2.83. The molecule has 3 rings (SSSR count). The second kappa shape index (κ2) is 2.89. The molecule has 1 aromatic heterocycles. The van der Waals surface area contributed by atoms with Gasteiger partial charge in [0.25, 0.3) is 0 Å². The number of nitrogens with zero attached hydrogens (tertiary/aromatic N) is 2. The van der Waals surface area contributed by atoms with Gasteiger partial charge in [-0.05, 0) is 25.0 Å². The maximum Gasteiger partial charge on any atom is 0.158 e. The molecule has 1 heterocycles. The molecule has 3 N–H and O–H groups in total. The van der Waals surface area contributed by atoms with Crippen LogP contribution in [0.3, 0.4) is 0 Å². The predicted molar refractivity (Wildman–Crippen MR) is 61.8 cm³/mol. The van der Waals surface area contributed by atoms with Crippen LogP contribution in [-0.4, -0.2) is 15.8 Å². The quantitative estimate of drug-likeness (QED) is 0.729. The van der Waals surface area contributed by atoms with E-state index in [4.69, 9.17) is 5.73 Å². The summed E-state index contributed by atoms with van der Waals surface area (Å²) in [5.41, 5.74) is 7.85. The van der Waals surface area contributed by atoms with Gasteiger partial charge in [0, 0.05) is 18.8 Å². The zero-order chi connectivity index (χ0) is 10.4. The van der Waals surface area contributed by atoms with Crippen molar-refractivity contribution in [1.29, 1.82) is 0 Å². The SMILES string of the molecule is Cn1nc(NC2CC2)c2c(N)cccc21. The molecule has 0 aliphatic heterocycles. The number of nitrogens with one attached hydrogen (secondary N) is 1. The molecule has 0 saturated heterocycles. The molecule has 1 saturated carbocycles. The van der Waals surface area contributed by atoms with E-state index in [1.54, 1.807) is 0 Å². The maximum absolute atomic E-state index is 5.97. The second-order valence-electron chi connectivity index (χ2n) is 4.13. The van der Waals surface area contributed by atoms with E-state index in [2.05, 4.69) is 10.4 Å². The molecule has 15 heavy (non-hydrogen) atoms. The van der Waals surface area contributed by atoms with Crippen molar-refractivity contribution in [2.45, 2.75) is 18.9 Å². The highest BCUT2D eigenvalue weighted by molar-refractivity contribution is 5.99. The summed E-state index contributed by atoms with van der Waals surface area (Å²) in [6, 6.07) is 6.52. The van der Waals surface area contributed by atoms with Crippen molar-refractivity contribution in [2.75, 3.05) is 11.1 Å². The number of aryl methyl sites for hydroxylation is 1. The van der Waals surface area contributed by atoms with E-state index >= 15 is 0 Å². The van der Waals surface area contributed by atoms with Crippen molar-refractivity contribution in [1.82, 2.24) is 9.78 Å². The van der Waals surface area contributed by atoms with Crippen molar-refractivity contribution in [3.63, 3.8) is 0 Å². The van der Waals surface area contributed by atoms with Crippen LogP contribution in [0.25, 0.3) is 10.9 Å². The molecule has 0 spiro atoms. The highest BCUT2D eigenvalue weighted by Gasteiger charge is 2.23. The minimum Gasteiger partial charge on any atom is -0.398 e. The van der Waals surface area contributed by atoms with E-state index in [0.717, 1.165) is 22.4 Å². The fraction of sp³-hybridized carbons (Fsp3) is 0.364. The van der Waals surface area contributed by atoms with E-state index in [0.29, 0.717) is 6.04 Å². The van der Waals surface area contributed by atoms with Crippen LogP contribution in [0.4, 0.5) is 11.5 Å². The Morgan fingerprint density at radius 2 is 2.27 bits per heavy atom. The van der Waals surface area contributed by atoms with E-state index in [1.807, 2.05) is 29.9 Å². The zero-order valence-electron chi connectivity index (χ0n) is 8.70. The van der Waals surface area contributed by atoms with Gasteiger partial charge in [-0.3, -0.25) is 4.68 Å². The van der Waals surface area contributed by atoms with E-state index in [-0.39, 0.29) is 0 Å². The molecule has 0 radical (unpaired) electrons. The number of hydrogen-bond acceptors (Lipinski definition) is 3. The van der Waals surface area contributed by atoms with Crippen LogP contribution >= 0.6 is 0 Å². The number of aromatic nitrogens is 2. The number of anilines is 2.